The van der Waals surface area contributed by atoms with Crippen LogP contribution in [-0.4, -0.2) is 5.91 Å². The predicted molar refractivity (Wildman–Crippen MR) is 87.8 cm³/mol. The maximum Gasteiger partial charge on any atom is 0.220 e. The average Bonchev–Trinajstić information content (AvgIpc) is 2.46. The minimum Gasteiger partial charge on any atom is -0.350 e. The molecule has 0 spiro atoms. The summed E-state index contributed by atoms with van der Waals surface area (Å²) in [7, 11) is 0. The first-order valence-electron chi connectivity index (χ1n) is 6.84. The van der Waals surface area contributed by atoms with E-state index < -0.39 is 0 Å². The monoisotopic (exact) mass is 321 g/mol. The second kappa shape index (κ2) is 7.48. The zero-order valence-corrected chi connectivity index (χ0v) is 13.3. The number of hydrogen-bond donors (Lipinski definition) is 1. The molecule has 0 aromatic heterocycles. The molecule has 2 nitrogen and oxygen atoms in total. The van der Waals surface area contributed by atoms with Gasteiger partial charge in [0.25, 0.3) is 0 Å². The maximum absolute atomic E-state index is 12.0. The molecule has 4 heteroatoms. The van der Waals surface area contributed by atoms with Crippen LogP contribution in [0, 0.1) is 0 Å². The van der Waals surface area contributed by atoms with Crippen molar-refractivity contribution in [1.82, 2.24) is 5.32 Å². The molecular formula is C17H17Cl2NO. The number of carbonyl (C=O) groups excluding carboxylic acids is 1. The van der Waals surface area contributed by atoms with Crippen molar-refractivity contribution in [3.63, 3.8) is 0 Å². The third-order valence-electron chi connectivity index (χ3n) is 3.29. The highest BCUT2D eigenvalue weighted by atomic mass is 35.5. The zero-order valence-electron chi connectivity index (χ0n) is 11.8. The van der Waals surface area contributed by atoms with E-state index in [0.717, 1.165) is 17.5 Å². The van der Waals surface area contributed by atoms with Gasteiger partial charge in [-0.3, -0.25) is 4.79 Å². The number of hydrogen-bond acceptors (Lipinski definition) is 1. The topological polar surface area (TPSA) is 29.1 Å². The Bertz CT molecular complexity index is 613. The van der Waals surface area contributed by atoms with E-state index in [9.17, 15) is 4.79 Å². The number of amides is 1. The fourth-order valence-electron chi connectivity index (χ4n) is 2.15. The van der Waals surface area contributed by atoms with Crippen molar-refractivity contribution < 1.29 is 4.79 Å². The predicted octanol–water partition coefficient (Wildman–Crippen LogP) is 4.80. The minimum atomic E-state index is -0.141. The molecule has 1 amide bonds. The van der Waals surface area contributed by atoms with Gasteiger partial charge in [-0.1, -0.05) is 59.6 Å². The molecule has 0 heterocycles. The molecule has 2 rings (SSSR count). The Morgan fingerprint density at radius 2 is 1.86 bits per heavy atom. The first-order valence-corrected chi connectivity index (χ1v) is 7.60. The zero-order chi connectivity index (χ0) is 15.2. The van der Waals surface area contributed by atoms with Crippen molar-refractivity contribution in [2.45, 2.75) is 25.8 Å². The van der Waals surface area contributed by atoms with Gasteiger partial charge in [0.15, 0.2) is 0 Å². The van der Waals surface area contributed by atoms with Crippen LogP contribution in [-0.2, 0) is 11.2 Å². The van der Waals surface area contributed by atoms with Gasteiger partial charge in [-0.05, 0) is 36.6 Å². The Balaban J connectivity index is 1.90. The molecule has 1 atom stereocenters. The van der Waals surface area contributed by atoms with Crippen molar-refractivity contribution in [1.29, 1.82) is 0 Å². The Hall–Kier alpha value is -1.51. The van der Waals surface area contributed by atoms with Crippen LogP contribution >= 0.6 is 23.2 Å². The van der Waals surface area contributed by atoms with E-state index in [4.69, 9.17) is 23.2 Å². The maximum atomic E-state index is 12.0. The second-order valence-electron chi connectivity index (χ2n) is 4.94. The van der Waals surface area contributed by atoms with E-state index in [1.807, 2.05) is 43.3 Å². The summed E-state index contributed by atoms with van der Waals surface area (Å²) in [5.74, 6) is 0.0115. The van der Waals surface area contributed by atoms with Gasteiger partial charge in [-0.25, -0.2) is 0 Å². The van der Waals surface area contributed by atoms with Crippen LogP contribution in [0.25, 0.3) is 0 Å². The van der Waals surface area contributed by atoms with E-state index in [0.29, 0.717) is 16.5 Å². The van der Waals surface area contributed by atoms with Crippen LogP contribution in [0.1, 0.15) is 30.5 Å². The molecule has 0 saturated carbocycles. The third kappa shape index (κ3) is 4.76. The first kappa shape index (κ1) is 15.9. The largest absolute Gasteiger partial charge is 0.350 e. The van der Waals surface area contributed by atoms with Gasteiger partial charge in [-0.15, -0.1) is 0 Å². The summed E-state index contributed by atoms with van der Waals surface area (Å²) in [5, 5.41) is 4.12. The van der Waals surface area contributed by atoms with E-state index in [1.165, 1.54) is 0 Å². The van der Waals surface area contributed by atoms with Crippen molar-refractivity contribution in [3.05, 3.63) is 69.7 Å². The van der Waals surface area contributed by atoms with Gasteiger partial charge in [0.2, 0.25) is 5.91 Å². The molecular weight excluding hydrogens is 305 g/mol. The Labute approximate surface area is 135 Å². The lowest BCUT2D eigenvalue weighted by Gasteiger charge is -2.16. The summed E-state index contributed by atoms with van der Waals surface area (Å²) in [5.41, 5.74) is 2.03. The molecule has 2 aromatic rings. The molecule has 21 heavy (non-hydrogen) atoms. The Kier molecular flexibility index (Phi) is 5.66. The first-order chi connectivity index (χ1) is 10.1. The molecule has 0 aliphatic heterocycles. The van der Waals surface area contributed by atoms with Gasteiger partial charge in [0.05, 0.1) is 6.04 Å². The van der Waals surface area contributed by atoms with Crippen LogP contribution in [0.3, 0.4) is 0 Å². The highest BCUT2D eigenvalue weighted by Gasteiger charge is 2.12. The fourth-order valence-corrected chi connectivity index (χ4v) is 2.72. The van der Waals surface area contributed by atoms with Crippen LogP contribution < -0.4 is 5.32 Å². The summed E-state index contributed by atoms with van der Waals surface area (Å²) in [6.45, 7) is 1.91. The summed E-state index contributed by atoms with van der Waals surface area (Å²) >= 11 is 12.0. The lowest BCUT2D eigenvalue weighted by atomic mass is 10.1. The van der Waals surface area contributed by atoms with Crippen molar-refractivity contribution in [2.24, 2.45) is 0 Å². The van der Waals surface area contributed by atoms with E-state index in [2.05, 4.69) is 5.32 Å². The van der Waals surface area contributed by atoms with Crippen molar-refractivity contribution >= 4 is 29.1 Å². The average molecular weight is 322 g/mol. The Morgan fingerprint density at radius 1 is 1.14 bits per heavy atom. The lowest BCUT2D eigenvalue weighted by molar-refractivity contribution is -0.121. The highest BCUT2D eigenvalue weighted by molar-refractivity contribution is 6.35. The molecule has 0 radical (unpaired) electrons. The summed E-state index contributed by atoms with van der Waals surface area (Å²) in [6, 6.07) is 15.1. The summed E-state index contributed by atoms with van der Waals surface area (Å²) in [4.78, 5) is 12.0. The molecule has 0 aliphatic rings. The quantitative estimate of drug-likeness (QED) is 0.841. The molecule has 0 fully saturated rings. The van der Waals surface area contributed by atoms with Gasteiger partial charge in [-0.2, -0.15) is 0 Å². The number of benzene rings is 2. The van der Waals surface area contributed by atoms with Gasteiger partial charge in [0, 0.05) is 16.5 Å². The molecule has 0 aliphatic carbocycles. The summed E-state index contributed by atoms with van der Waals surface area (Å²) < 4.78 is 0. The van der Waals surface area contributed by atoms with Crippen LogP contribution in [0.5, 0.6) is 0 Å². The second-order valence-corrected chi connectivity index (χ2v) is 5.78. The van der Waals surface area contributed by atoms with Crippen LogP contribution in [0.2, 0.25) is 10.0 Å². The molecule has 2 aromatic carbocycles. The number of nitrogens with one attached hydrogen (secondary N) is 1. The minimum absolute atomic E-state index is 0.0115. The SMILES string of the molecule is C[C@@H](NC(=O)CCc1ccccc1)c1ccc(Cl)cc1Cl. The standard InChI is InChI=1S/C17H17Cl2NO/c1-12(15-9-8-14(18)11-16(15)19)20-17(21)10-7-13-5-3-2-4-6-13/h2-6,8-9,11-12H,7,10H2,1H3,(H,20,21)/t12-/m1/s1. The molecule has 1 N–H and O–H groups in total. The molecule has 0 saturated heterocycles. The summed E-state index contributed by atoms with van der Waals surface area (Å²) in [6.07, 6.45) is 1.19. The number of rotatable bonds is 5. The van der Waals surface area contributed by atoms with Crippen molar-refractivity contribution in [3.8, 4) is 0 Å². The normalized spacial score (nSPS) is 12.0. The molecule has 0 unspecified atom stereocenters. The van der Waals surface area contributed by atoms with E-state index in [1.54, 1.807) is 12.1 Å². The van der Waals surface area contributed by atoms with Crippen LogP contribution in [0.15, 0.2) is 48.5 Å². The smallest absolute Gasteiger partial charge is 0.220 e. The highest BCUT2D eigenvalue weighted by Crippen LogP contribution is 2.26. The number of aryl methyl sites for hydroxylation is 1. The number of carbonyl (C=O) groups is 1. The van der Waals surface area contributed by atoms with Crippen LogP contribution in [0.4, 0.5) is 0 Å². The third-order valence-corrected chi connectivity index (χ3v) is 3.85. The van der Waals surface area contributed by atoms with Gasteiger partial charge < -0.3 is 5.32 Å². The Morgan fingerprint density at radius 3 is 2.52 bits per heavy atom. The van der Waals surface area contributed by atoms with Gasteiger partial charge in [0.1, 0.15) is 0 Å². The number of halogens is 2. The fraction of sp³-hybridized carbons (Fsp3) is 0.235. The lowest BCUT2D eigenvalue weighted by Crippen LogP contribution is -2.27. The van der Waals surface area contributed by atoms with Crippen molar-refractivity contribution in [2.75, 3.05) is 0 Å². The van der Waals surface area contributed by atoms with E-state index >= 15 is 0 Å². The van der Waals surface area contributed by atoms with Gasteiger partial charge >= 0.3 is 0 Å². The van der Waals surface area contributed by atoms with E-state index in [-0.39, 0.29) is 11.9 Å². The molecule has 0 bridgehead atoms. The molecule has 110 valence electrons.